The zero-order chi connectivity index (χ0) is 12.4. The van der Waals surface area contributed by atoms with Gasteiger partial charge in [-0.2, -0.15) is 8.42 Å². The number of rotatable bonds is 4. The van der Waals surface area contributed by atoms with Gasteiger partial charge in [0.1, 0.15) is 0 Å². The van der Waals surface area contributed by atoms with Crippen LogP contribution in [0.15, 0.2) is 0 Å². The summed E-state index contributed by atoms with van der Waals surface area (Å²) in [5, 5.41) is 0. The van der Waals surface area contributed by atoms with E-state index in [1.165, 1.54) is 13.0 Å². The lowest BCUT2D eigenvalue weighted by Crippen LogP contribution is -2.36. The van der Waals surface area contributed by atoms with E-state index in [0.717, 1.165) is 26.3 Å². The van der Waals surface area contributed by atoms with Crippen LogP contribution in [0.25, 0.3) is 0 Å². The van der Waals surface area contributed by atoms with Crippen molar-refractivity contribution < 1.29 is 17.7 Å². The van der Waals surface area contributed by atoms with E-state index < -0.39 is 10.1 Å². The van der Waals surface area contributed by atoms with Crippen molar-refractivity contribution in [2.75, 3.05) is 38.6 Å². The fourth-order valence-electron chi connectivity index (χ4n) is 1.40. The molecule has 1 heterocycles. The summed E-state index contributed by atoms with van der Waals surface area (Å²) in [5.41, 5.74) is 0. The van der Waals surface area contributed by atoms with E-state index in [1.54, 1.807) is 6.92 Å². The van der Waals surface area contributed by atoms with E-state index >= 15 is 0 Å². The molecule has 5 nitrogen and oxygen atoms in total. The number of ether oxygens (including phenoxy) is 1. The fourth-order valence-corrected chi connectivity index (χ4v) is 1.91. The van der Waals surface area contributed by atoms with Gasteiger partial charge < -0.3 is 4.74 Å². The molecule has 0 bridgehead atoms. The molecule has 0 unspecified atom stereocenters. The molecule has 0 saturated carbocycles. The lowest BCUT2D eigenvalue weighted by atomic mass is 10.4. The molecule has 0 aliphatic carbocycles. The zero-order valence-corrected chi connectivity index (χ0v) is 11.0. The average molecular weight is 253 g/mol. The molecule has 1 saturated heterocycles. The zero-order valence-electron chi connectivity index (χ0n) is 10.2. The first kappa shape index (κ1) is 15.8. The van der Waals surface area contributed by atoms with Crippen LogP contribution in [0.2, 0.25) is 0 Å². The Morgan fingerprint density at radius 3 is 2.06 bits per heavy atom. The summed E-state index contributed by atoms with van der Waals surface area (Å²) in [7, 11) is -3.67. The van der Waals surface area contributed by atoms with Gasteiger partial charge in [-0.1, -0.05) is 13.8 Å². The summed E-state index contributed by atoms with van der Waals surface area (Å²) >= 11 is 0. The molecule has 0 aromatic heterocycles. The van der Waals surface area contributed by atoms with Gasteiger partial charge >= 0.3 is 0 Å². The third-order valence-electron chi connectivity index (χ3n) is 2.11. The molecule has 0 radical (unpaired) electrons. The van der Waals surface area contributed by atoms with Gasteiger partial charge in [0.05, 0.1) is 19.0 Å². The van der Waals surface area contributed by atoms with Crippen molar-refractivity contribution in [2.24, 2.45) is 0 Å². The Balaban J connectivity index is 0.000000293. The van der Waals surface area contributed by atoms with Crippen molar-refractivity contribution in [1.29, 1.82) is 0 Å². The van der Waals surface area contributed by atoms with Crippen molar-refractivity contribution in [1.82, 2.24) is 4.90 Å². The molecule has 0 spiro atoms. The van der Waals surface area contributed by atoms with Crippen LogP contribution in [0.3, 0.4) is 0 Å². The van der Waals surface area contributed by atoms with Gasteiger partial charge in [0.2, 0.25) is 0 Å². The molecule has 1 aliphatic heterocycles. The van der Waals surface area contributed by atoms with Gasteiger partial charge in [-0.3, -0.25) is 9.45 Å². The van der Waals surface area contributed by atoms with Crippen LogP contribution < -0.4 is 0 Å². The van der Waals surface area contributed by atoms with Crippen molar-refractivity contribution in [3.63, 3.8) is 0 Å². The van der Waals surface area contributed by atoms with E-state index in [9.17, 15) is 8.42 Å². The molecule has 0 atom stereocenters. The predicted molar refractivity (Wildman–Crippen MR) is 64.3 cm³/mol. The Hall–Kier alpha value is -0.170. The van der Waals surface area contributed by atoms with Crippen LogP contribution in [0.4, 0.5) is 0 Å². The Morgan fingerprint density at radius 1 is 1.19 bits per heavy atom. The molecule has 6 heteroatoms. The lowest BCUT2D eigenvalue weighted by molar-refractivity contribution is 0.0380. The summed E-state index contributed by atoms with van der Waals surface area (Å²) in [4.78, 5) is 2.45. The van der Waals surface area contributed by atoms with Crippen LogP contribution in [-0.2, 0) is 14.9 Å². The first-order valence-corrected chi connectivity index (χ1v) is 7.35. The topological polar surface area (TPSA) is 66.8 Å². The number of hydrogen-bond acceptors (Lipinski definition) is 4. The fraction of sp³-hybridized carbons (Fsp3) is 1.00. The Kier molecular flexibility index (Phi) is 8.83. The Bertz CT molecular complexity index is 245. The van der Waals surface area contributed by atoms with Gasteiger partial charge in [0.25, 0.3) is 10.1 Å². The molecule has 1 N–H and O–H groups in total. The minimum atomic E-state index is -3.67. The minimum absolute atomic E-state index is 0.132. The van der Waals surface area contributed by atoms with Crippen LogP contribution in [0.5, 0.6) is 0 Å². The quantitative estimate of drug-likeness (QED) is 0.757. The van der Waals surface area contributed by atoms with E-state index in [1.807, 2.05) is 0 Å². The van der Waals surface area contributed by atoms with Crippen molar-refractivity contribution in [2.45, 2.75) is 26.7 Å². The summed E-state index contributed by atoms with van der Waals surface area (Å²) in [6, 6.07) is 0. The van der Waals surface area contributed by atoms with Crippen LogP contribution in [0.1, 0.15) is 26.7 Å². The van der Waals surface area contributed by atoms with Crippen molar-refractivity contribution >= 4 is 10.1 Å². The number of nitrogens with zero attached hydrogens (tertiary/aromatic N) is 1. The summed E-state index contributed by atoms with van der Waals surface area (Å²) < 4.78 is 32.8. The Morgan fingerprint density at radius 2 is 1.75 bits per heavy atom. The maximum Gasteiger partial charge on any atom is 0.264 e. The predicted octanol–water partition coefficient (Wildman–Crippen LogP) is 1.01. The first-order chi connectivity index (χ1) is 7.49. The van der Waals surface area contributed by atoms with E-state index in [2.05, 4.69) is 11.8 Å². The monoisotopic (exact) mass is 253 g/mol. The van der Waals surface area contributed by atoms with E-state index in [-0.39, 0.29) is 5.75 Å². The normalized spacial score (nSPS) is 17.7. The highest BCUT2D eigenvalue weighted by Crippen LogP contribution is 1.96. The molecular weight excluding hydrogens is 230 g/mol. The van der Waals surface area contributed by atoms with Crippen LogP contribution >= 0.6 is 0 Å². The first-order valence-electron chi connectivity index (χ1n) is 5.74. The van der Waals surface area contributed by atoms with Crippen LogP contribution in [0, 0.1) is 0 Å². The molecular formula is C10H23NO4S. The lowest BCUT2D eigenvalue weighted by Gasteiger charge is -2.25. The second-order valence-electron chi connectivity index (χ2n) is 3.74. The third-order valence-corrected chi connectivity index (χ3v) is 3.03. The van der Waals surface area contributed by atoms with Gasteiger partial charge in [0, 0.05) is 13.1 Å². The second-order valence-corrected chi connectivity index (χ2v) is 5.31. The molecule has 1 fully saturated rings. The third kappa shape index (κ3) is 10.4. The minimum Gasteiger partial charge on any atom is -0.379 e. The van der Waals surface area contributed by atoms with Crippen molar-refractivity contribution in [3.05, 3.63) is 0 Å². The summed E-state index contributed by atoms with van der Waals surface area (Å²) in [5.74, 6) is -0.132. The highest BCUT2D eigenvalue weighted by atomic mass is 32.2. The number of morpholine rings is 1. The van der Waals surface area contributed by atoms with Gasteiger partial charge in [-0.05, 0) is 19.4 Å². The highest BCUT2D eigenvalue weighted by molar-refractivity contribution is 7.85. The SMILES string of the molecule is CCCN1CCOCC1.CCCS(=O)(=O)O. The van der Waals surface area contributed by atoms with Crippen molar-refractivity contribution in [3.8, 4) is 0 Å². The standard InChI is InChI=1S/C7H15NO.C3H8O3S/c1-2-3-8-4-6-9-7-5-8;1-2-3-7(4,5)6/h2-7H2,1H3;2-3H2,1H3,(H,4,5,6). The highest BCUT2D eigenvalue weighted by Gasteiger charge is 2.07. The maximum atomic E-state index is 9.79. The van der Waals surface area contributed by atoms with Gasteiger partial charge in [-0.25, -0.2) is 0 Å². The average Bonchev–Trinajstić information content (AvgIpc) is 2.19. The van der Waals surface area contributed by atoms with E-state index in [4.69, 9.17) is 9.29 Å². The van der Waals surface area contributed by atoms with Crippen LogP contribution in [-0.4, -0.2) is 56.5 Å². The molecule has 1 rings (SSSR count). The molecule has 0 aromatic carbocycles. The molecule has 0 aromatic rings. The summed E-state index contributed by atoms with van der Waals surface area (Å²) in [6.45, 7) is 9.27. The van der Waals surface area contributed by atoms with Gasteiger partial charge in [0.15, 0.2) is 0 Å². The maximum absolute atomic E-state index is 9.79. The second kappa shape index (κ2) is 8.92. The molecule has 16 heavy (non-hydrogen) atoms. The molecule has 98 valence electrons. The molecule has 1 aliphatic rings. The van der Waals surface area contributed by atoms with Gasteiger partial charge in [-0.15, -0.1) is 0 Å². The Labute approximate surface area is 98.5 Å². The largest absolute Gasteiger partial charge is 0.379 e. The van der Waals surface area contributed by atoms with E-state index in [0.29, 0.717) is 6.42 Å². The summed E-state index contributed by atoms with van der Waals surface area (Å²) in [6.07, 6.45) is 1.73. The molecule has 0 amide bonds. The smallest absolute Gasteiger partial charge is 0.264 e. The number of hydrogen-bond donors (Lipinski definition) is 1.